The van der Waals surface area contributed by atoms with Gasteiger partial charge in [0.05, 0.1) is 0 Å². The molecule has 0 unspecified atom stereocenters. The highest BCUT2D eigenvalue weighted by Gasteiger charge is 2.08. The fraction of sp³-hybridized carbons (Fsp3) is 1.00. The van der Waals surface area contributed by atoms with Gasteiger partial charge in [-0.15, -0.1) is 34.8 Å². The molecule has 0 nitrogen and oxygen atoms in total. The van der Waals surface area contributed by atoms with Crippen molar-refractivity contribution in [2.24, 2.45) is 0 Å². The summed E-state index contributed by atoms with van der Waals surface area (Å²) < 4.78 is 0. The molecule has 62 valence electrons. The number of rotatable bonds is 5. The van der Waals surface area contributed by atoms with Crippen molar-refractivity contribution in [2.75, 3.05) is 0 Å². The van der Waals surface area contributed by atoms with Crippen molar-refractivity contribution in [1.29, 1.82) is 0 Å². The van der Waals surface area contributed by atoms with E-state index in [4.69, 9.17) is 34.8 Å². The van der Waals surface area contributed by atoms with Gasteiger partial charge in [-0.3, -0.25) is 0 Å². The maximum atomic E-state index is 5.89. The van der Waals surface area contributed by atoms with Crippen molar-refractivity contribution in [1.82, 2.24) is 0 Å². The van der Waals surface area contributed by atoms with Crippen molar-refractivity contribution in [3.63, 3.8) is 0 Å². The second-order valence-corrected chi connectivity index (χ2v) is 4.26. The van der Waals surface area contributed by atoms with Gasteiger partial charge in [-0.05, 0) is 12.8 Å². The standard InChI is InChI=1S/C7H13Cl3/c1-2-3-4-6(8)5-7(9)10/h6-7H,2-5H2,1H3/t6-/m1/s1. The fourth-order valence-corrected chi connectivity index (χ4v) is 1.68. The molecule has 0 rings (SSSR count). The van der Waals surface area contributed by atoms with Crippen LogP contribution < -0.4 is 0 Å². The SMILES string of the molecule is CCCC[C@@H](Cl)CC(Cl)Cl. The van der Waals surface area contributed by atoms with Crippen LogP contribution in [0.1, 0.15) is 32.6 Å². The largest absolute Gasteiger partial charge is 0.123 e. The van der Waals surface area contributed by atoms with Gasteiger partial charge in [0.2, 0.25) is 0 Å². The Balaban J connectivity index is 3.16. The molecular formula is C7H13Cl3. The predicted octanol–water partition coefficient (Wildman–Crippen LogP) is 3.98. The molecule has 0 aromatic carbocycles. The van der Waals surface area contributed by atoms with Crippen LogP contribution in [0.5, 0.6) is 0 Å². The third-order valence-corrected chi connectivity index (χ3v) is 2.06. The minimum atomic E-state index is -0.306. The van der Waals surface area contributed by atoms with E-state index >= 15 is 0 Å². The Labute approximate surface area is 77.8 Å². The van der Waals surface area contributed by atoms with Gasteiger partial charge in [-0.1, -0.05) is 19.8 Å². The lowest BCUT2D eigenvalue weighted by Crippen LogP contribution is -2.02. The van der Waals surface area contributed by atoms with Crippen LogP contribution in [0.15, 0.2) is 0 Å². The number of halogens is 3. The third-order valence-electron chi connectivity index (χ3n) is 1.30. The molecule has 0 aliphatic rings. The van der Waals surface area contributed by atoms with Crippen LogP contribution in [0.3, 0.4) is 0 Å². The summed E-state index contributed by atoms with van der Waals surface area (Å²) in [6, 6.07) is 0. The first kappa shape index (κ1) is 10.9. The molecule has 0 N–H and O–H groups in total. The summed E-state index contributed by atoms with van der Waals surface area (Å²) in [5.41, 5.74) is 0. The monoisotopic (exact) mass is 202 g/mol. The number of hydrogen-bond acceptors (Lipinski definition) is 0. The summed E-state index contributed by atoms with van der Waals surface area (Å²) in [4.78, 5) is -0.306. The topological polar surface area (TPSA) is 0 Å². The maximum absolute atomic E-state index is 5.89. The maximum Gasteiger partial charge on any atom is 0.109 e. The minimum Gasteiger partial charge on any atom is -0.123 e. The van der Waals surface area contributed by atoms with E-state index in [9.17, 15) is 0 Å². The summed E-state index contributed by atoms with van der Waals surface area (Å²) >= 11 is 17.0. The Morgan fingerprint density at radius 1 is 1.20 bits per heavy atom. The Morgan fingerprint density at radius 3 is 2.20 bits per heavy atom. The van der Waals surface area contributed by atoms with E-state index in [1.807, 2.05) is 0 Å². The number of hydrogen-bond donors (Lipinski definition) is 0. The average Bonchev–Trinajstić information content (AvgIpc) is 1.82. The normalized spacial score (nSPS) is 14.1. The summed E-state index contributed by atoms with van der Waals surface area (Å²) in [5.74, 6) is 0. The zero-order chi connectivity index (χ0) is 7.98. The molecule has 0 radical (unpaired) electrons. The number of unbranched alkanes of at least 4 members (excludes halogenated alkanes) is 1. The lowest BCUT2D eigenvalue weighted by atomic mass is 10.2. The molecule has 0 aliphatic heterocycles. The molecule has 0 heterocycles. The van der Waals surface area contributed by atoms with E-state index in [1.54, 1.807) is 0 Å². The van der Waals surface area contributed by atoms with E-state index in [0.717, 1.165) is 12.8 Å². The van der Waals surface area contributed by atoms with Crippen molar-refractivity contribution in [2.45, 2.75) is 42.8 Å². The van der Waals surface area contributed by atoms with E-state index in [2.05, 4.69) is 6.92 Å². The Morgan fingerprint density at radius 2 is 1.80 bits per heavy atom. The molecule has 1 atom stereocenters. The first-order valence-electron chi connectivity index (χ1n) is 3.59. The van der Waals surface area contributed by atoms with Crippen molar-refractivity contribution in [3.05, 3.63) is 0 Å². The molecule has 0 aromatic heterocycles. The molecule has 0 saturated carbocycles. The van der Waals surface area contributed by atoms with Crippen LogP contribution in [0.4, 0.5) is 0 Å². The van der Waals surface area contributed by atoms with Gasteiger partial charge in [0, 0.05) is 5.38 Å². The highest BCUT2D eigenvalue weighted by atomic mass is 35.5. The molecule has 3 heteroatoms. The fourth-order valence-electron chi connectivity index (χ4n) is 0.737. The molecule has 0 fully saturated rings. The molecule has 0 saturated heterocycles. The minimum absolute atomic E-state index is 0.153. The van der Waals surface area contributed by atoms with Gasteiger partial charge in [-0.25, -0.2) is 0 Å². The summed E-state index contributed by atoms with van der Waals surface area (Å²) in [7, 11) is 0. The highest BCUT2D eigenvalue weighted by Crippen LogP contribution is 2.18. The van der Waals surface area contributed by atoms with Gasteiger partial charge >= 0.3 is 0 Å². The molecule has 0 aromatic rings. The molecule has 10 heavy (non-hydrogen) atoms. The summed E-state index contributed by atoms with van der Waals surface area (Å²) in [6.07, 6.45) is 4.06. The molecular weight excluding hydrogens is 190 g/mol. The second-order valence-electron chi connectivity index (χ2n) is 2.37. The highest BCUT2D eigenvalue weighted by molar-refractivity contribution is 6.44. The van der Waals surface area contributed by atoms with Gasteiger partial charge in [0.15, 0.2) is 0 Å². The lowest BCUT2D eigenvalue weighted by molar-refractivity contribution is 0.657. The quantitative estimate of drug-likeness (QED) is 0.593. The Hall–Kier alpha value is 0.870. The number of alkyl halides is 3. The molecule has 0 aliphatic carbocycles. The first-order chi connectivity index (χ1) is 4.66. The molecule has 0 bridgehead atoms. The van der Waals surface area contributed by atoms with Crippen LogP contribution >= 0.6 is 34.8 Å². The van der Waals surface area contributed by atoms with Crippen molar-refractivity contribution < 1.29 is 0 Å². The van der Waals surface area contributed by atoms with Gasteiger partial charge in [0.25, 0.3) is 0 Å². The zero-order valence-electron chi connectivity index (χ0n) is 6.12. The van der Waals surface area contributed by atoms with Crippen LogP contribution in [-0.4, -0.2) is 10.2 Å². The van der Waals surface area contributed by atoms with E-state index in [0.29, 0.717) is 6.42 Å². The van der Waals surface area contributed by atoms with Crippen LogP contribution in [0.2, 0.25) is 0 Å². The van der Waals surface area contributed by atoms with Gasteiger partial charge in [-0.2, -0.15) is 0 Å². The molecule has 0 spiro atoms. The Bertz CT molecular complexity index is 73.3. The van der Waals surface area contributed by atoms with E-state index in [-0.39, 0.29) is 10.2 Å². The van der Waals surface area contributed by atoms with Crippen LogP contribution in [0.25, 0.3) is 0 Å². The lowest BCUT2D eigenvalue weighted by Gasteiger charge is -2.07. The van der Waals surface area contributed by atoms with Crippen LogP contribution in [0, 0.1) is 0 Å². The van der Waals surface area contributed by atoms with Crippen LogP contribution in [-0.2, 0) is 0 Å². The Kier molecular flexibility index (Phi) is 7.14. The van der Waals surface area contributed by atoms with Crippen molar-refractivity contribution in [3.8, 4) is 0 Å². The van der Waals surface area contributed by atoms with E-state index in [1.165, 1.54) is 6.42 Å². The summed E-state index contributed by atoms with van der Waals surface area (Å²) in [6.45, 7) is 2.14. The average molecular weight is 204 g/mol. The van der Waals surface area contributed by atoms with Crippen molar-refractivity contribution >= 4 is 34.8 Å². The van der Waals surface area contributed by atoms with Gasteiger partial charge in [0.1, 0.15) is 4.84 Å². The second kappa shape index (κ2) is 6.57. The van der Waals surface area contributed by atoms with E-state index < -0.39 is 0 Å². The predicted molar refractivity (Wildman–Crippen MR) is 49.3 cm³/mol. The summed E-state index contributed by atoms with van der Waals surface area (Å²) in [5, 5.41) is 0.153. The third kappa shape index (κ3) is 6.98. The smallest absolute Gasteiger partial charge is 0.109 e. The zero-order valence-corrected chi connectivity index (χ0v) is 8.38. The van der Waals surface area contributed by atoms with Gasteiger partial charge < -0.3 is 0 Å². The first-order valence-corrected chi connectivity index (χ1v) is 4.90. The molecule has 0 amide bonds.